The number of alkyl halides is 5. The van der Waals surface area contributed by atoms with Gasteiger partial charge in [-0.1, -0.05) is 0 Å². The lowest BCUT2D eigenvalue weighted by Crippen LogP contribution is -2.50. The van der Waals surface area contributed by atoms with Crippen LogP contribution in [0.25, 0.3) is 5.65 Å². The van der Waals surface area contributed by atoms with Crippen molar-refractivity contribution in [2.75, 3.05) is 0 Å². The van der Waals surface area contributed by atoms with Gasteiger partial charge in [-0.3, -0.25) is 14.7 Å². The van der Waals surface area contributed by atoms with Crippen LogP contribution in [0.15, 0.2) is 30.6 Å². The Bertz CT molecular complexity index is 1240. The number of aryl methyl sites for hydroxylation is 2. The normalized spacial score (nSPS) is 14.7. The molecular weight excluding hydrogens is 506 g/mol. The number of nitrogens with zero attached hydrogens (tertiary/aromatic N) is 3. The largest absolute Gasteiger partial charge is 0.483 e. The van der Waals surface area contributed by atoms with Crippen molar-refractivity contribution in [3.8, 4) is 5.75 Å². The molecule has 0 saturated heterocycles. The van der Waals surface area contributed by atoms with E-state index in [1.807, 2.05) is 0 Å². The molecule has 0 aromatic carbocycles. The van der Waals surface area contributed by atoms with Crippen molar-refractivity contribution in [2.24, 2.45) is 0 Å². The van der Waals surface area contributed by atoms with Gasteiger partial charge in [-0.25, -0.2) is 9.37 Å². The lowest BCUT2D eigenvalue weighted by atomic mass is 9.92. The Kier molecular flexibility index (Phi) is 8.11. The smallest absolute Gasteiger partial charge is 0.453 e. The monoisotopic (exact) mass is 534 g/mol. The maximum Gasteiger partial charge on any atom is 0.453 e. The van der Waals surface area contributed by atoms with Crippen LogP contribution < -0.4 is 10.1 Å². The number of aromatic nitrogens is 3. The molecule has 0 fully saturated rings. The minimum atomic E-state index is -5.74. The minimum Gasteiger partial charge on any atom is -0.483 e. The summed E-state index contributed by atoms with van der Waals surface area (Å²) in [6, 6.07) is 2.98. The second-order valence-electron chi connectivity index (χ2n) is 9.39. The Morgan fingerprint density at radius 1 is 1.16 bits per heavy atom. The fourth-order valence-corrected chi connectivity index (χ4v) is 3.86. The summed E-state index contributed by atoms with van der Waals surface area (Å²) in [5.74, 6) is -5.27. The van der Waals surface area contributed by atoms with Crippen LogP contribution in [0, 0.1) is 19.7 Å². The Balaban J connectivity index is 1.88. The highest BCUT2D eigenvalue weighted by Gasteiger charge is 2.57. The molecule has 3 rings (SSSR count). The van der Waals surface area contributed by atoms with Gasteiger partial charge >= 0.3 is 12.1 Å². The number of rotatable bonds is 10. The van der Waals surface area contributed by atoms with Gasteiger partial charge < -0.3 is 14.9 Å². The van der Waals surface area contributed by atoms with E-state index in [2.05, 4.69) is 15.3 Å². The summed E-state index contributed by atoms with van der Waals surface area (Å²) in [6.45, 7) is 5.55. The molecule has 3 heterocycles. The van der Waals surface area contributed by atoms with Crippen molar-refractivity contribution in [1.82, 2.24) is 19.7 Å². The molecule has 13 heteroatoms. The molecule has 2 atom stereocenters. The van der Waals surface area contributed by atoms with E-state index in [4.69, 9.17) is 4.74 Å². The molecular formula is C24H28F6N4O3. The predicted molar refractivity (Wildman–Crippen MR) is 122 cm³/mol. The molecule has 0 bridgehead atoms. The zero-order valence-corrected chi connectivity index (χ0v) is 20.6. The third kappa shape index (κ3) is 6.51. The number of pyridine rings is 2. The molecule has 37 heavy (non-hydrogen) atoms. The van der Waals surface area contributed by atoms with Crippen molar-refractivity contribution < 1.29 is 41.3 Å². The van der Waals surface area contributed by atoms with Crippen LogP contribution in [-0.4, -0.2) is 48.3 Å². The molecule has 0 aliphatic rings. The van der Waals surface area contributed by atoms with Crippen molar-refractivity contribution in [3.63, 3.8) is 0 Å². The van der Waals surface area contributed by atoms with Gasteiger partial charge in [0.05, 0.1) is 17.0 Å². The Hall–Kier alpha value is -2.90. The number of hydrogen-bond donors (Lipinski definition) is 3. The fourth-order valence-electron chi connectivity index (χ4n) is 3.86. The van der Waals surface area contributed by atoms with Gasteiger partial charge in [0.2, 0.25) is 0 Å². The molecule has 0 spiro atoms. The van der Waals surface area contributed by atoms with Crippen molar-refractivity contribution in [3.05, 3.63) is 59.1 Å². The molecule has 0 aliphatic heterocycles. The first-order valence-corrected chi connectivity index (χ1v) is 11.3. The highest BCUT2D eigenvalue weighted by atomic mass is 19.4. The summed E-state index contributed by atoms with van der Waals surface area (Å²) in [7, 11) is 0. The third-order valence-electron chi connectivity index (χ3n) is 5.88. The van der Waals surface area contributed by atoms with E-state index in [0.29, 0.717) is 11.3 Å². The topological polar surface area (TPSA) is 91.9 Å². The van der Waals surface area contributed by atoms with Crippen molar-refractivity contribution in [2.45, 2.75) is 77.1 Å². The molecule has 3 aromatic rings. The Morgan fingerprint density at radius 2 is 1.84 bits per heavy atom. The summed E-state index contributed by atoms with van der Waals surface area (Å²) in [4.78, 5) is 8.32. The summed E-state index contributed by atoms with van der Waals surface area (Å²) in [6.07, 6.45) is -6.68. The lowest BCUT2D eigenvalue weighted by Gasteiger charge is -2.33. The van der Waals surface area contributed by atoms with Crippen LogP contribution in [0.3, 0.4) is 0 Å². The van der Waals surface area contributed by atoms with Crippen molar-refractivity contribution in [1.29, 1.82) is 0 Å². The number of halogens is 6. The Labute approximate surface area is 209 Å². The molecule has 0 saturated carbocycles. The maximum absolute atomic E-state index is 13.9. The molecule has 0 radical (unpaired) electrons. The first-order chi connectivity index (χ1) is 17.0. The molecule has 3 N–H and O–H groups in total. The van der Waals surface area contributed by atoms with E-state index in [9.17, 15) is 36.6 Å². The highest BCUT2D eigenvalue weighted by Crippen LogP contribution is 2.40. The van der Waals surface area contributed by atoms with E-state index < -0.39 is 48.6 Å². The van der Waals surface area contributed by atoms with E-state index in [0.717, 1.165) is 0 Å². The molecule has 3 aromatic heterocycles. The maximum atomic E-state index is 13.9. The third-order valence-corrected chi connectivity index (χ3v) is 5.88. The number of ether oxygens (including phenoxy) is 1. The first-order valence-electron chi connectivity index (χ1n) is 11.3. The van der Waals surface area contributed by atoms with Crippen LogP contribution in [0.5, 0.6) is 5.75 Å². The van der Waals surface area contributed by atoms with Gasteiger partial charge in [-0.15, -0.1) is 0 Å². The number of aliphatic hydroxyl groups is 2. The summed E-state index contributed by atoms with van der Waals surface area (Å²) in [5, 5.41) is 23.9. The number of imidazole rings is 1. The van der Waals surface area contributed by atoms with Crippen LogP contribution in [0.2, 0.25) is 0 Å². The average Bonchev–Trinajstić information content (AvgIpc) is 3.09. The lowest BCUT2D eigenvalue weighted by molar-refractivity contribution is -0.285. The van der Waals surface area contributed by atoms with E-state index in [-0.39, 0.29) is 29.4 Å². The SMILES string of the molecule is Cc1cc(OCc2ncccc2F)c2nc(C)c(C(O)NC(CCC(F)(F)C(F)(F)F)C(C)(C)O)n2c1. The second kappa shape index (κ2) is 10.5. The molecule has 0 amide bonds. The number of nitrogens with one attached hydrogen (secondary N) is 1. The molecule has 7 nitrogen and oxygen atoms in total. The zero-order valence-electron chi connectivity index (χ0n) is 20.6. The van der Waals surface area contributed by atoms with E-state index >= 15 is 0 Å². The quantitative estimate of drug-likeness (QED) is 0.257. The van der Waals surface area contributed by atoms with Crippen molar-refractivity contribution >= 4 is 5.65 Å². The van der Waals surface area contributed by atoms with Gasteiger partial charge in [0.15, 0.2) is 11.4 Å². The minimum absolute atomic E-state index is 0.0658. The van der Waals surface area contributed by atoms with E-state index in [1.165, 1.54) is 36.6 Å². The van der Waals surface area contributed by atoms with Gasteiger partial charge in [-0.2, -0.15) is 22.0 Å². The molecule has 204 valence electrons. The molecule has 0 aliphatic carbocycles. The number of aliphatic hydroxyl groups excluding tert-OH is 1. The predicted octanol–water partition coefficient (Wildman–Crippen LogP) is 4.76. The van der Waals surface area contributed by atoms with Crippen LogP contribution >= 0.6 is 0 Å². The summed E-state index contributed by atoms with van der Waals surface area (Å²) < 4.78 is 86.1. The van der Waals surface area contributed by atoms with Gasteiger partial charge in [0.1, 0.15) is 24.3 Å². The Morgan fingerprint density at radius 3 is 2.43 bits per heavy atom. The summed E-state index contributed by atoms with van der Waals surface area (Å²) in [5.41, 5.74) is -0.319. The van der Waals surface area contributed by atoms with E-state index in [1.54, 1.807) is 26.1 Å². The highest BCUT2D eigenvalue weighted by molar-refractivity contribution is 5.57. The first kappa shape index (κ1) is 28.7. The van der Waals surface area contributed by atoms with Crippen LogP contribution in [0.4, 0.5) is 26.3 Å². The fraction of sp³-hybridized carbons (Fsp3) is 0.500. The standard InChI is InChI=1S/C24H28F6N4O3/c1-13-10-17(37-12-16-15(25)6-5-9-31-16)20-32-14(2)19(34(20)11-13)21(35)33-18(22(3,4)36)7-8-23(26,27)24(28,29)30/h5-6,9-11,18,21,33,35-36H,7-8,12H2,1-4H3. The van der Waals surface area contributed by atoms with Crippen LogP contribution in [-0.2, 0) is 6.61 Å². The average molecular weight is 535 g/mol. The van der Waals surface area contributed by atoms with Gasteiger partial charge in [0, 0.05) is 24.9 Å². The number of fused-ring (bicyclic) bond motifs is 1. The zero-order chi connectivity index (χ0) is 27.8. The van der Waals surface area contributed by atoms with Gasteiger partial charge in [0.25, 0.3) is 0 Å². The van der Waals surface area contributed by atoms with Crippen LogP contribution in [0.1, 0.15) is 55.6 Å². The molecule has 2 unspecified atom stereocenters. The number of hydrogen-bond acceptors (Lipinski definition) is 6. The second-order valence-corrected chi connectivity index (χ2v) is 9.39. The van der Waals surface area contributed by atoms with Gasteiger partial charge in [-0.05, 0) is 57.9 Å². The summed E-state index contributed by atoms with van der Waals surface area (Å²) >= 11 is 0.